The maximum absolute atomic E-state index is 12.8. The van der Waals surface area contributed by atoms with E-state index in [4.69, 9.17) is 4.74 Å². The van der Waals surface area contributed by atoms with Gasteiger partial charge >= 0.3 is 0 Å². The predicted octanol–water partition coefficient (Wildman–Crippen LogP) is 2.72. The molecule has 1 heterocycles. The minimum absolute atomic E-state index is 0.0605. The number of rotatable bonds is 4. The van der Waals surface area contributed by atoms with Gasteiger partial charge in [-0.05, 0) is 36.6 Å². The molecule has 0 saturated carbocycles. The molecule has 1 aliphatic heterocycles. The van der Waals surface area contributed by atoms with E-state index in [9.17, 15) is 13.2 Å². The van der Waals surface area contributed by atoms with E-state index in [1.807, 2.05) is 32.0 Å². The highest BCUT2D eigenvalue weighted by Gasteiger charge is 2.35. The van der Waals surface area contributed by atoms with Gasteiger partial charge in [0.25, 0.3) is 5.91 Å². The highest BCUT2D eigenvalue weighted by Crippen LogP contribution is 2.35. The second kappa shape index (κ2) is 6.99. The van der Waals surface area contributed by atoms with Crippen LogP contribution in [0.3, 0.4) is 0 Å². The van der Waals surface area contributed by atoms with Gasteiger partial charge in [0, 0.05) is 5.69 Å². The fourth-order valence-corrected chi connectivity index (χ4v) is 3.97. The van der Waals surface area contributed by atoms with Gasteiger partial charge in [0.15, 0.2) is 6.10 Å². The van der Waals surface area contributed by atoms with Gasteiger partial charge in [-0.2, -0.15) is 0 Å². The number of sulfonamides is 1. The molecule has 2 aromatic carbocycles. The monoisotopic (exact) mass is 374 g/mol. The van der Waals surface area contributed by atoms with Crippen LogP contribution in [0.15, 0.2) is 42.5 Å². The summed E-state index contributed by atoms with van der Waals surface area (Å²) in [6, 6.07) is 12.6. The van der Waals surface area contributed by atoms with Crippen LogP contribution in [0.4, 0.5) is 11.4 Å². The number of aryl methyl sites for hydroxylation is 2. The zero-order valence-electron chi connectivity index (χ0n) is 15.0. The van der Waals surface area contributed by atoms with E-state index in [0.717, 1.165) is 29.5 Å². The smallest absolute Gasteiger partial charge is 0.267 e. The van der Waals surface area contributed by atoms with E-state index in [1.54, 1.807) is 24.3 Å². The molecule has 6 nitrogen and oxygen atoms in total. The first-order valence-electron chi connectivity index (χ1n) is 8.44. The average Bonchev–Trinajstić information content (AvgIpc) is 2.61. The number of carbonyl (C=O) groups is 1. The number of nitrogens with one attached hydrogen (secondary N) is 1. The number of ether oxygens (including phenoxy) is 1. The molecule has 0 fully saturated rings. The Kier molecular flexibility index (Phi) is 4.91. The van der Waals surface area contributed by atoms with Crippen LogP contribution in [0.25, 0.3) is 0 Å². The highest BCUT2D eigenvalue weighted by atomic mass is 32.2. The van der Waals surface area contributed by atoms with Crippen LogP contribution in [0.5, 0.6) is 5.75 Å². The number of benzene rings is 2. The molecule has 1 N–H and O–H groups in total. The Hall–Kier alpha value is -2.54. The van der Waals surface area contributed by atoms with Crippen molar-refractivity contribution in [3.05, 3.63) is 53.6 Å². The number of fused-ring (bicyclic) bond motifs is 1. The Labute approximate surface area is 153 Å². The highest BCUT2D eigenvalue weighted by molar-refractivity contribution is 7.92. The third-order valence-corrected chi connectivity index (χ3v) is 5.56. The Morgan fingerprint density at radius 3 is 2.65 bits per heavy atom. The minimum Gasteiger partial charge on any atom is -0.476 e. The predicted molar refractivity (Wildman–Crippen MR) is 102 cm³/mol. The number of carbonyl (C=O) groups excluding carboxylic acids is 1. The van der Waals surface area contributed by atoms with Crippen LogP contribution in [-0.2, 0) is 21.2 Å². The van der Waals surface area contributed by atoms with Crippen molar-refractivity contribution in [1.29, 1.82) is 0 Å². The first-order valence-corrected chi connectivity index (χ1v) is 10.3. The van der Waals surface area contributed by atoms with Gasteiger partial charge in [-0.25, -0.2) is 8.42 Å². The maximum Gasteiger partial charge on any atom is 0.267 e. The van der Waals surface area contributed by atoms with Crippen molar-refractivity contribution in [3.8, 4) is 5.75 Å². The van der Waals surface area contributed by atoms with Crippen LogP contribution in [0.1, 0.15) is 18.1 Å². The zero-order valence-corrected chi connectivity index (χ0v) is 15.8. The van der Waals surface area contributed by atoms with Crippen molar-refractivity contribution in [3.63, 3.8) is 0 Å². The second-order valence-electron chi connectivity index (χ2n) is 6.32. The fourth-order valence-electron chi connectivity index (χ4n) is 3.06. The molecule has 138 valence electrons. The van der Waals surface area contributed by atoms with Gasteiger partial charge in [-0.15, -0.1) is 0 Å². The molecule has 26 heavy (non-hydrogen) atoms. The lowest BCUT2D eigenvalue weighted by atomic mass is 10.1. The van der Waals surface area contributed by atoms with Crippen LogP contribution >= 0.6 is 0 Å². The zero-order chi connectivity index (χ0) is 18.9. The lowest BCUT2D eigenvalue weighted by molar-refractivity contribution is -0.122. The van der Waals surface area contributed by atoms with Crippen molar-refractivity contribution in [2.24, 2.45) is 0 Å². The number of para-hydroxylation sites is 3. The SMILES string of the molecule is CCc1cccc(C)c1NC(=O)[C@H]1CN(S(C)(=O)=O)c2ccccc2O1. The van der Waals surface area contributed by atoms with E-state index in [-0.39, 0.29) is 12.5 Å². The van der Waals surface area contributed by atoms with Gasteiger partial charge in [-0.3, -0.25) is 9.10 Å². The van der Waals surface area contributed by atoms with E-state index in [1.165, 1.54) is 4.31 Å². The normalized spacial score (nSPS) is 16.6. The lowest BCUT2D eigenvalue weighted by Crippen LogP contribution is -2.48. The van der Waals surface area contributed by atoms with Crippen molar-refractivity contribution >= 4 is 27.3 Å². The first-order chi connectivity index (χ1) is 12.3. The molecule has 1 aliphatic rings. The Morgan fingerprint density at radius 2 is 1.96 bits per heavy atom. The Balaban J connectivity index is 1.90. The summed E-state index contributed by atoms with van der Waals surface area (Å²) >= 11 is 0. The largest absolute Gasteiger partial charge is 0.476 e. The van der Waals surface area contributed by atoms with Crippen molar-refractivity contribution in [2.45, 2.75) is 26.4 Å². The van der Waals surface area contributed by atoms with Gasteiger partial charge < -0.3 is 10.1 Å². The summed E-state index contributed by atoms with van der Waals surface area (Å²) in [7, 11) is -3.53. The van der Waals surface area contributed by atoms with Crippen molar-refractivity contribution < 1.29 is 17.9 Å². The third kappa shape index (κ3) is 3.53. The molecule has 7 heteroatoms. The minimum atomic E-state index is -3.53. The van der Waals surface area contributed by atoms with Crippen LogP contribution in [-0.4, -0.2) is 33.2 Å². The van der Waals surface area contributed by atoms with E-state index < -0.39 is 16.1 Å². The Bertz CT molecular complexity index is 940. The summed E-state index contributed by atoms with van der Waals surface area (Å²) < 4.78 is 31.3. The molecule has 0 aromatic heterocycles. The molecule has 0 bridgehead atoms. The standard InChI is InChI=1S/C19H22N2O4S/c1-4-14-9-7-8-13(2)18(14)20-19(22)17-12-21(26(3,23)24)15-10-5-6-11-16(15)25-17/h5-11,17H,4,12H2,1-3H3,(H,20,22)/t17-/m1/s1. The van der Waals surface area contributed by atoms with Gasteiger partial charge in [0.2, 0.25) is 10.0 Å². The summed E-state index contributed by atoms with van der Waals surface area (Å²) in [4.78, 5) is 12.8. The molecule has 1 atom stereocenters. The molecule has 0 unspecified atom stereocenters. The van der Waals surface area contributed by atoms with Crippen LogP contribution in [0, 0.1) is 6.92 Å². The molecule has 0 saturated heterocycles. The van der Waals surface area contributed by atoms with Crippen molar-refractivity contribution in [1.82, 2.24) is 0 Å². The molecule has 2 aromatic rings. The quantitative estimate of drug-likeness (QED) is 0.893. The molecule has 0 aliphatic carbocycles. The fraction of sp³-hybridized carbons (Fsp3) is 0.316. The summed E-state index contributed by atoms with van der Waals surface area (Å²) in [5.41, 5.74) is 3.18. The summed E-state index contributed by atoms with van der Waals surface area (Å²) in [6.07, 6.45) is 0.978. The molecule has 0 spiro atoms. The molecule has 0 radical (unpaired) electrons. The number of hydrogen-bond donors (Lipinski definition) is 1. The van der Waals surface area contributed by atoms with E-state index >= 15 is 0 Å². The lowest BCUT2D eigenvalue weighted by Gasteiger charge is -2.34. The van der Waals surface area contributed by atoms with Crippen LogP contribution < -0.4 is 14.4 Å². The van der Waals surface area contributed by atoms with Gasteiger partial charge in [0.05, 0.1) is 18.5 Å². The number of nitrogens with zero attached hydrogens (tertiary/aromatic N) is 1. The van der Waals surface area contributed by atoms with Crippen molar-refractivity contribution in [2.75, 3.05) is 22.4 Å². The molecule has 1 amide bonds. The topological polar surface area (TPSA) is 75.7 Å². The average molecular weight is 374 g/mol. The second-order valence-corrected chi connectivity index (χ2v) is 8.23. The van der Waals surface area contributed by atoms with Crippen LogP contribution in [0.2, 0.25) is 0 Å². The third-order valence-electron chi connectivity index (χ3n) is 4.42. The number of anilines is 2. The summed E-state index contributed by atoms with van der Waals surface area (Å²) in [5, 5.41) is 2.92. The number of amides is 1. The first kappa shape index (κ1) is 18.3. The van der Waals surface area contributed by atoms with E-state index in [2.05, 4.69) is 5.32 Å². The van der Waals surface area contributed by atoms with E-state index in [0.29, 0.717) is 11.4 Å². The van der Waals surface area contributed by atoms with Gasteiger partial charge in [-0.1, -0.05) is 37.3 Å². The molecular weight excluding hydrogens is 352 g/mol. The number of hydrogen-bond acceptors (Lipinski definition) is 4. The maximum atomic E-state index is 12.8. The summed E-state index contributed by atoms with van der Waals surface area (Å²) in [5.74, 6) is 0.0157. The van der Waals surface area contributed by atoms with Gasteiger partial charge in [0.1, 0.15) is 5.75 Å². The molecular formula is C19H22N2O4S. The summed E-state index contributed by atoms with van der Waals surface area (Å²) in [6.45, 7) is 3.88. The Morgan fingerprint density at radius 1 is 1.23 bits per heavy atom. The molecule has 3 rings (SSSR count).